The van der Waals surface area contributed by atoms with Gasteiger partial charge in [-0.3, -0.25) is 4.79 Å². The molecule has 120 valence electrons. The maximum atomic E-state index is 13.5. The van der Waals surface area contributed by atoms with Crippen molar-refractivity contribution in [3.8, 4) is 0 Å². The molecular weight excluding hydrogens is 315 g/mol. The molecule has 1 aliphatic carbocycles. The highest BCUT2D eigenvalue weighted by Crippen LogP contribution is 2.40. The average Bonchev–Trinajstić information content (AvgIpc) is 3.30. The number of benzene rings is 1. The van der Waals surface area contributed by atoms with Gasteiger partial charge in [0.15, 0.2) is 5.16 Å². The third kappa shape index (κ3) is 3.79. The van der Waals surface area contributed by atoms with Crippen molar-refractivity contribution in [2.75, 3.05) is 11.1 Å². The lowest BCUT2D eigenvalue weighted by molar-refractivity contribution is -0.113. The Morgan fingerprint density at radius 3 is 2.91 bits per heavy atom. The number of nitrogens with zero attached hydrogens (tertiary/aromatic N) is 3. The molecule has 0 unspecified atom stereocenters. The summed E-state index contributed by atoms with van der Waals surface area (Å²) in [5.74, 6) is 0.859. The number of aromatic nitrogens is 3. The number of carbonyl (C=O) groups excluding carboxylic acids is 1. The first-order valence-corrected chi connectivity index (χ1v) is 8.38. The van der Waals surface area contributed by atoms with E-state index in [0.29, 0.717) is 17.6 Å². The lowest BCUT2D eigenvalue weighted by atomic mass is 10.3. The van der Waals surface area contributed by atoms with Crippen molar-refractivity contribution in [2.45, 2.75) is 30.5 Å². The standard InChI is InChI=1S/C16H17FN4OS/c1-2-9-21-15(11-7-8-11)19-20-16(21)23-10-14(22)18-13-6-4-3-5-12(13)17/h2-6,11H,1,7-10H2,(H,18,22). The van der Waals surface area contributed by atoms with Crippen LogP contribution in [0.3, 0.4) is 0 Å². The first-order valence-electron chi connectivity index (χ1n) is 7.40. The van der Waals surface area contributed by atoms with Crippen molar-refractivity contribution in [3.63, 3.8) is 0 Å². The molecule has 23 heavy (non-hydrogen) atoms. The van der Waals surface area contributed by atoms with Gasteiger partial charge in [0.2, 0.25) is 5.91 Å². The van der Waals surface area contributed by atoms with E-state index in [-0.39, 0.29) is 17.3 Å². The summed E-state index contributed by atoms with van der Waals surface area (Å²) in [5, 5.41) is 11.6. The smallest absolute Gasteiger partial charge is 0.234 e. The third-order valence-corrected chi connectivity index (χ3v) is 4.45. The number of rotatable bonds is 7. The summed E-state index contributed by atoms with van der Waals surface area (Å²) in [5.41, 5.74) is 0.185. The molecule has 0 radical (unpaired) electrons. The van der Waals surface area contributed by atoms with E-state index in [1.165, 1.54) is 23.9 Å². The highest BCUT2D eigenvalue weighted by molar-refractivity contribution is 7.99. The van der Waals surface area contributed by atoms with E-state index in [1.54, 1.807) is 18.2 Å². The van der Waals surface area contributed by atoms with Crippen LogP contribution >= 0.6 is 11.8 Å². The zero-order valence-corrected chi connectivity index (χ0v) is 13.4. The Hall–Kier alpha value is -2.15. The molecule has 1 aliphatic rings. The van der Waals surface area contributed by atoms with Crippen molar-refractivity contribution in [1.82, 2.24) is 14.8 Å². The minimum atomic E-state index is -0.448. The van der Waals surface area contributed by atoms with Crippen LogP contribution in [0.2, 0.25) is 0 Å². The molecule has 0 spiro atoms. The molecule has 0 atom stereocenters. The zero-order chi connectivity index (χ0) is 16.2. The lowest BCUT2D eigenvalue weighted by Crippen LogP contribution is -2.15. The molecule has 1 N–H and O–H groups in total. The topological polar surface area (TPSA) is 59.8 Å². The van der Waals surface area contributed by atoms with Gasteiger partial charge in [0.1, 0.15) is 11.6 Å². The number of halogens is 1. The summed E-state index contributed by atoms with van der Waals surface area (Å²) >= 11 is 1.29. The van der Waals surface area contributed by atoms with E-state index in [2.05, 4.69) is 22.1 Å². The molecule has 0 aliphatic heterocycles. The summed E-state index contributed by atoms with van der Waals surface area (Å²) in [4.78, 5) is 12.0. The summed E-state index contributed by atoms with van der Waals surface area (Å²) in [6.45, 7) is 4.37. The number of anilines is 1. The predicted octanol–water partition coefficient (Wildman–Crippen LogP) is 3.21. The van der Waals surface area contributed by atoms with Gasteiger partial charge in [-0.05, 0) is 25.0 Å². The first kappa shape index (κ1) is 15.7. The van der Waals surface area contributed by atoms with E-state index in [4.69, 9.17) is 0 Å². The SMILES string of the molecule is C=CCn1c(SCC(=O)Nc2ccccc2F)nnc1C1CC1. The molecule has 2 aromatic rings. The third-order valence-electron chi connectivity index (χ3n) is 3.48. The van der Waals surface area contributed by atoms with Crippen LogP contribution < -0.4 is 5.32 Å². The second-order valence-corrected chi connectivity index (χ2v) is 6.27. The Labute approximate surface area is 138 Å². The molecule has 1 saturated carbocycles. The number of nitrogens with one attached hydrogen (secondary N) is 1. The van der Waals surface area contributed by atoms with Crippen LogP contribution in [-0.2, 0) is 11.3 Å². The maximum Gasteiger partial charge on any atom is 0.234 e. The summed E-state index contributed by atoms with van der Waals surface area (Å²) in [6.07, 6.45) is 4.06. The van der Waals surface area contributed by atoms with Gasteiger partial charge < -0.3 is 9.88 Å². The van der Waals surface area contributed by atoms with Crippen LogP contribution in [-0.4, -0.2) is 26.4 Å². The fourth-order valence-electron chi connectivity index (χ4n) is 2.23. The first-order chi connectivity index (χ1) is 11.2. The van der Waals surface area contributed by atoms with Gasteiger partial charge in [0.05, 0.1) is 11.4 Å². The van der Waals surface area contributed by atoms with Crippen molar-refractivity contribution in [1.29, 1.82) is 0 Å². The van der Waals surface area contributed by atoms with E-state index in [1.807, 2.05) is 4.57 Å². The predicted molar refractivity (Wildman–Crippen MR) is 87.9 cm³/mol. The summed E-state index contributed by atoms with van der Waals surface area (Å²) in [7, 11) is 0. The van der Waals surface area contributed by atoms with Crippen molar-refractivity contribution in [3.05, 3.63) is 48.6 Å². The number of hydrogen-bond acceptors (Lipinski definition) is 4. The number of hydrogen-bond donors (Lipinski definition) is 1. The van der Waals surface area contributed by atoms with Crippen LogP contribution in [0.4, 0.5) is 10.1 Å². The van der Waals surface area contributed by atoms with E-state index in [9.17, 15) is 9.18 Å². The average molecular weight is 332 g/mol. The molecule has 1 fully saturated rings. The number of amides is 1. The van der Waals surface area contributed by atoms with Crippen LogP contribution in [0.25, 0.3) is 0 Å². The van der Waals surface area contributed by atoms with Gasteiger partial charge in [-0.1, -0.05) is 30.0 Å². The Morgan fingerprint density at radius 1 is 1.43 bits per heavy atom. The van der Waals surface area contributed by atoms with E-state index >= 15 is 0 Å². The second kappa shape index (κ2) is 6.95. The quantitative estimate of drug-likeness (QED) is 0.625. The van der Waals surface area contributed by atoms with Gasteiger partial charge in [-0.25, -0.2) is 4.39 Å². The molecule has 0 saturated heterocycles. The van der Waals surface area contributed by atoms with Crippen molar-refractivity contribution < 1.29 is 9.18 Å². The Bertz CT molecular complexity index is 727. The van der Waals surface area contributed by atoms with Gasteiger partial charge in [-0.2, -0.15) is 0 Å². The highest BCUT2D eigenvalue weighted by atomic mass is 32.2. The molecular formula is C16H17FN4OS. The van der Waals surface area contributed by atoms with E-state index in [0.717, 1.165) is 18.7 Å². The largest absolute Gasteiger partial charge is 0.323 e. The molecule has 7 heteroatoms. The fraction of sp³-hybridized carbons (Fsp3) is 0.312. The Morgan fingerprint density at radius 2 is 2.22 bits per heavy atom. The summed E-state index contributed by atoms with van der Waals surface area (Å²) in [6, 6.07) is 6.10. The number of carbonyl (C=O) groups is 1. The minimum Gasteiger partial charge on any atom is -0.323 e. The van der Waals surface area contributed by atoms with Gasteiger partial charge in [0, 0.05) is 12.5 Å². The van der Waals surface area contributed by atoms with Crippen LogP contribution in [0.5, 0.6) is 0 Å². The molecule has 1 amide bonds. The lowest BCUT2D eigenvalue weighted by Gasteiger charge is -2.08. The fourth-order valence-corrected chi connectivity index (χ4v) is 2.98. The monoisotopic (exact) mass is 332 g/mol. The van der Waals surface area contributed by atoms with Gasteiger partial charge >= 0.3 is 0 Å². The van der Waals surface area contributed by atoms with Crippen molar-refractivity contribution in [2.24, 2.45) is 0 Å². The minimum absolute atomic E-state index is 0.147. The molecule has 3 rings (SSSR count). The molecule has 0 bridgehead atoms. The molecule has 1 aromatic heterocycles. The normalized spacial score (nSPS) is 13.8. The zero-order valence-electron chi connectivity index (χ0n) is 12.5. The molecule has 5 nitrogen and oxygen atoms in total. The molecule has 1 aromatic carbocycles. The van der Waals surface area contributed by atoms with Crippen LogP contribution in [0.1, 0.15) is 24.6 Å². The summed E-state index contributed by atoms with van der Waals surface area (Å²) < 4.78 is 15.5. The Balaban J connectivity index is 1.62. The number of thioether (sulfide) groups is 1. The van der Waals surface area contributed by atoms with Gasteiger partial charge in [-0.15, -0.1) is 16.8 Å². The molecule has 1 heterocycles. The van der Waals surface area contributed by atoms with Crippen LogP contribution in [0.15, 0.2) is 42.1 Å². The Kier molecular flexibility index (Phi) is 4.76. The second-order valence-electron chi connectivity index (χ2n) is 5.33. The van der Waals surface area contributed by atoms with Crippen molar-refractivity contribution >= 4 is 23.4 Å². The highest BCUT2D eigenvalue weighted by Gasteiger charge is 2.30. The van der Waals surface area contributed by atoms with E-state index < -0.39 is 5.82 Å². The number of allylic oxidation sites excluding steroid dienone is 1. The maximum absolute atomic E-state index is 13.5. The van der Waals surface area contributed by atoms with Crippen LogP contribution in [0, 0.1) is 5.82 Å². The number of para-hydroxylation sites is 1. The van der Waals surface area contributed by atoms with Gasteiger partial charge in [0.25, 0.3) is 0 Å².